The minimum Gasteiger partial charge on any atom is -0.459 e. The fourth-order valence-electron chi connectivity index (χ4n) is 1.73. The van der Waals surface area contributed by atoms with Crippen LogP contribution in [-0.4, -0.2) is 62.5 Å². The van der Waals surface area contributed by atoms with Gasteiger partial charge in [-0.2, -0.15) is 8.42 Å². The van der Waals surface area contributed by atoms with Crippen LogP contribution in [0.15, 0.2) is 0 Å². The SMILES string of the molecule is CCC(C)C(=O)OCC[N+](C)(CC)CCCS(=O)(=O)O. The van der Waals surface area contributed by atoms with E-state index in [9.17, 15) is 13.2 Å². The number of esters is 1. The Kier molecular flexibility index (Phi) is 8.30. The van der Waals surface area contributed by atoms with Gasteiger partial charge in [0.15, 0.2) is 0 Å². The van der Waals surface area contributed by atoms with E-state index in [1.54, 1.807) is 0 Å². The molecule has 7 heteroatoms. The van der Waals surface area contributed by atoms with E-state index in [1.807, 2.05) is 27.8 Å². The van der Waals surface area contributed by atoms with Crippen molar-refractivity contribution in [2.75, 3.05) is 39.0 Å². The average molecular weight is 310 g/mol. The molecule has 0 heterocycles. The van der Waals surface area contributed by atoms with Gasteiger partial charge in [-0.1, -0.05) is 13.8 Å². The largest absolute Gasteiger partial charge is 0.459 e. The Bertz CT molecular complexity index is 396. The molecule has 20 heavy (non-hydrogen) atoms. The summed E-state index contributed by atoms with van der Waals surface area (Å²) in [5.41, 5.74) is 0. The standard InChI is InChI=1S/C13H27NO5S/c1-5-12(3)13(15)19-10-9-14(4,6-2)8-7-11-20(16,17)18/h12H,5-11H2,1-4H3/p+1. The number of carbonyl (C=O) groups is 1. The fourth-order valence-corrected chi connectivity index (χ4v) is 2.23. The highest BCUT2D eigenvalue weighted by Gasteiger charge is 2.21. The monoisotopic (exact) mass is 310 g/mol. The van der Waals surface area contributed by atoms with Crippen LogP contribution in [0.25, 0.3) is 0 Å². The molecule has 2 atom stereocenters. The third kappa shape index (κ3) is 8.50. The minimum atomic E-state index is -3.90. The van der Waals surface area contributed by atoms with Crippen LogP contribution in [0.4, 0.5) is 0 Å². The third-order valence-electron chi connectivity index (χ3n) is 3.75. The molecule has 0 aromatic heterocycles. The molecule has 0 radical (unpaired) electrons. The van der Waals surface area contributed by atoms with Crippen molar-refractivity contribution in [3.8, 4) is 0 Å². The molecule has 0 rings (SSSR count). The summed E-state index contributed by atoms with van der Waals surface area (Å²) in [6.45, 7) is 8.19. The Morgan fingerprint density at radius 2 is 1.90 bits per heavy atom. The number of rotatable bonds is 10. The highest BCUT2D eigenvalue weighted by Crippen LogP contribution is 2.07. The van der Waals surface area contributed by atoms with Crippen LogP contribution in [0.3, 0.4) is 0 Å². The van der Waals surface area contributed by atoms with Crippen molar-refractivity contribution in [2.24, 2.45) is 5.92 Å². The summed E-state index contributed by atoms with van der Waals surface area (Å²) in [5, 5.41) is 0. The lowest BCUT2D eigenvalue weighted by atomic mass is 10.1. The maximum absolute atomic E-state index is 11.6. The summed E-state index contributed by atoms with van der Waals surface area (Å²) in [6.07, 6.45) is 1.15. The number of quaternary nitrogens is 1. The molecule has 0 aromatic rings. The molecule has 0 aromatic carbocycles. The molecule has 0 saturated carbocycles. The molecule has 0 aliphatic carbocycles. The maximum atomic E-state index is 11.6. The first-order valence-electron chi connectivity index (χ1n) is 7.09. The van der Waals surface area contributed by atoms with Gasteiger partial charge >= 0.3 is 5.97 Å². The van der Waals surface area contributed by atoms with E-state index >= 15 is 0 Å². The first-order valence-corrected chi connectivity index (χ1v) is 8.70. The van der Waals surface area contributed by atoms with Crippen LogP contribution >= 0.6 is 0 Å². The lowest BCUT2D eigenvalue weighted by Gasteiger charge is -2.33. The van der Waals surface area contributed by atoms with E-state index < -0.39 is 10.1 Å². The summed E-state index contributed by atoms with van der Waals surface area (Å²) >= 11 is 0. The first-order chi connectivity index (χ1) is 9.13. The van der Waals surface area contributed by atoms with Crippen LogP contribution in [0, 0.1) is 5.92 Å². The van der Waals surface area contributed by atoms with E-state index in [4.69, 9.17) is 9.29 Å². The summed E-state index contributed by atoms with van der Waals surface area (Å²) in [7, 11) is -1.91. The van der Waals surface area contributed by atoms with Crippen LogP contribution in [0.1, 0.15) is 33.6 Å². The molecule has 120 valence electrons. The molecule has 0 saturated heterocycles. The predicted molar refractivity (Wildman–Crippen MR) is 77.9 cm³/mol. The zero-order chi connectivity index (χ0) is 15.8. The molecular formula is C13H28NO5S+. The molecule has 2 unspecified atom stereocenters. The van der Waals surface area contributed by atoms with E-state index in [2.05, 4.69) is 0 Å². The number of nitrogens with zero attached hydrogens (tertiary/aromatic N) is 1. The zero-order valence-corrected chi connectivity index (χ0v) is 13.8. The maximum Gasteiger partial charge on any atom is 0.308 e. The second-order valence-electron chi connectivity index (χ2n) is 5.50. The van der Waals surface area contributed by atoms with Crippen molar-refractivity contribution >= 4 is 16.1 Å². The second kappa shape index (κ2) is 8.59. The molecule has 0 spiro atoms. The summed E-state index contributed by atoms with van der Waals surface area (Å²) in [4.78, 5) is 11.6. The van der Waals surface area contributed by atoms with Crippen LogP contribution in [0.2, 0.25) is 0 Å². The Labute approximate surface area is 122 Å². The van der Waals surface area contributed by atoms with Crippen LogP contribution in [-0.2, 0) is 19.6 Å². The first kappa shape index (κ1) is 19.3. The molecule has 0 aliphatic rings. The quantitative estimate of drug-likeness (QED) is 0.374. The van der Waals surface area contributed by atoms with Crippen molar-refractivity contribution in [1.82, 2.24) is 0 Å². The molecule has 1 N–H and O–H groups in total. The number of hydrogen-bond acceptors (Lipinski definition) is 4. The van der Waals surface area contributed by atoms with Crippen molar-refractivity contribution in [3.63, 3.8) is 0 Å². The highest BCUT2D eigenvalue weighted by atomic mass is 32.2. The van der Waals surface area contributed by atoms with Gasteiger partial charge in [0, 0.05) is 6.42 Å². The molecule has 0 aliphatic heterocycles. The molecule has 6 nitrogen and oxygen atoms in total. The second-order valence-corrected chi connectivity index (χ2v) is 7.07. The summed E-state index contributed by atoms with van der Waals surface area (Å²) < 4.78 is 35.9. The molecule has 0 fully saturated rings. The fraction of sp³-hybridized carbons (Fsp3) is 0.923. The van der Waals surface area contributed by atoms with E-state index in [0.717, 1.165) is 13.0 Å². The number of hydrogen-bond donors (Lipinski definition) is 1. The Morgan fingerprint density at radius 3 is 2.35 bits per heavy atom. The van der Waals surface area contributed by atoms with Crippen LogP contribution in [0.5, 0.6) is 0 Å². The van der Waals surface area contributed by atoms with Crippen LogP contribution < -0.4 is 0 Å². The smallest absolute Gasteiger partial charge is 0.308 e. The van der Waals surface area contributed by atoms with E-state index in [-0.39, 0.29) is 17.6 Å². The Balaban J connectivity index is 4.15. The lowest BCUT2D eigenvalue weighted by molar-refractivity contribution is -0.908. The highest BCUT2D eigenvalue weighted by molar-refractivity contribution is 7.85. The van der Waals surface area contributed by atoms with Gasteiger partial charge in [-0.3, -0.25) is 9.35 Å². The molecule has 0 bridgehead atoms. The van der Waals surface area contributed by atoms with Crippen molar-refractivity contribution < 1.29 is 27.0 Å². The van der Waals surface area contributed by atoms with Crippen molar-refractivity contribution in [2.45, 2.75) is 33.6 Å². The van der Waals surface area contributed by atoms with Crippen molar-refractivity contribution in [1.29, 1.82) is 0 Å². The summed E-state index contributed by atoms with van der Waals surface area (Å²) in [5.74, 6) is -0.504. The average Bonchev–Trinajstić information content (AvgIpc) is 2.36. The number of carbonyl (C=O) groups excluding carboxylic acids is 1. The van der Waals surface area contributed by atoms with Gasteiger partial charge in [0.1, 0.15) is 13.2 Å². The lowest BCUT2D eigenvalue weighted by Crippen LogP contribution is -2.47. The third-order valence-corrected chi connectivity index (χ3v) is 4.56. The van der Waals surface area contributed by atoms with Crippen molar-refractivity contribution in [3.05, 3.63) is 0 Å². The van der Waals surface area contributed by atoms with E-state index in [1.165, 1.54) is 0 Å². The minimum absolute atomic E-state index is 0.0880. The van der Waals surface area contributed by atoms with Gasteiger partial charge in [0.05, 0.1) is 31.8 Å². The Morgan fingerprint density at radius 1 is 1.30 bits per heavy atom. The van der Waals surface area contributed by atoms with Gasteiger partial charge in [-0.15, -0.1) is 0 Å². The van der Waals surface area contributed by atoms with Gasteiger partial charge in [-0.05, 0) is 13.3 Å². The van der Waals surface area contributed by atoms with Gasteiger partial charge in [-0.25, -0.2) is 0 Å². The van der Waals surface area contributed by atoms with E-state index in [0.29, 0.717) is 30.6 Å². The topological polar surface area (TPSA) is 80.7 Å². The van der Waals surface area contributed by atoms with Gasteiger partial charge in [0.25, 0.3) is 10.1 Å². The summed E-state index contributed by atoms with van der Waals surface area (Å²) in [6, 6.07) is 0. The predicted octanol–water partition coefficient (Wildman–Crippen LogP) is 1.32. The molecule has 0 amide bonds. The zero-order valence-electron chi connectivity index (χ0n) is 13.0. The van der Waals surface area contributed by atoms with Gasteiger partial charge in [0.2, 0.25) is 0 Å². The van der Waals surface area contributed by atoms with Gasteiger partial charge < -0.3 is 9.22 Å². The number of likely N-dealkylation sites (N-methyl/N-ethyl adjacent to an activating group) is 1. The Hall–Kier alpha value is -0.660. The number of ether oxygens (including phenoxy) is 1. The molecular weight excluding hydrogens is 282 g/mol. The normalized spacial score (nSPS) is 16.4.